The Morgan fingerprint density at radius 2 is 1.80 bits per heavy atom. The maximum Gasteiger partial charge on any atom is 0.156 e. The zero-order chi connectivity index (χ0) is 8.36. The van der Waals surface area contributed by atoms with Crippen LogP contribution in [0.2, 0.25) is 0 Å². The highest BCUT2D eigenvalue weighted by Gasteiger charge is 2.14. The van der Waals surface area contributed by atoms with Crippen molar-refractivity contribution in [3.63, 3.8) is 0 Å². The highest BCUT2D eigenvalue weighted by Crippen LogP contribution is 2.28. The number of hydrogen-bond acceptors (Lipinski definition) is 1. The second-order valence-electron chi connectivity index (χ2n) is 3.34. The van der Waals surface area contributed by atoms with Crippen molar-refractivity contribution in [1.29, 1.82) is 0 Å². The first kappa shape index (κ1) is 10.1. The van der Waals surface area contributed by atoms with Crippen LogP contribution in [0.25, 0.3) is 0 Å². The van der Waals surface area contributed by atoms with Gasteiger partial charge in [0.15, 0.2) is 6.29 Å². The van der Waals surface area contributed by atoms with Gasteiger partial charge in [-0.1, -0.05) is 26.3 Å². The van der Waals surface area contributed by atoms with E-state index in [1.165, 1.54) is 0 Å². The summed E-state index contributed by atoms with van der Waals surface area (Å²) in [5, 5.41) is 0. The van der Waals surface area contributed by atoms with Crippen LogP contribution in [0.5, 0.6) is 0 Å². The number of rotatable bonds is 1. The van der Waals surface area contributed by atoms with E-state index < -0.39 is 0 Å². The molecule has 0 aromatic carbocycles. The molecule has 0 spiro atoms. The van der Waals surface area contributed by atoms with E-state index in [1.54, 1.807) is 0 Å². The topological polar surface area (TPSA) is 17.1 Å². The molecule has 0 bridgehead atoms. The van der Waals surface area contributed by atoms with Crippen molar-refractivity contribution in [2.45, 2.75) is 27.7 Å². The van der Waals surface area contributed by atoms with Crippen LogP contribution in [0.1, 0.15) is 27.7 Å². The first-order chi connectivity index (χ1) is 4.39. The SMILES string of the molecule is C/C(=C(\I)C=O)C(C)(C)C. The van der Waals surface area contributed by atoms with Crippen LogP contribution in [-0.2, 0) is 4.79 Å². The second-order valence-corrected chi connectivity index (χ2v) is 4.50. The van der Waals surface area contributed by atoms with Crippen molar-refractivity contribution in [1.82, 2.24) is 0 Å². The summed E-state index contributed by atoms with van der Waals surface area (Å²) in [5.41, 5.74) is 1.28. The van der Waals surface area contributed by atoms with Gasteiger partial charge in [-0.25, -0.2) is 0 Å². The highest BCUT2D eigenvalue weighted by molar-refractivity contribution is 14.1. The molecule has 0 rings (SSSR count). The third-order valence-corrected chi connectivity index (χ3v) is 2.65. The van der Waals surface area contributed by atoms with Gasteiger partial charge in [0.05, 0.1) is 3.58 Å². The van der Waals surface area contributed by atoms with Crippen molar-refractivity contribution in [2.75, 3.05) is 0 Å². The van der Waals surface area contributed by atoms with E-state index in [9.17, 15) is 4.79 Å². The Bertz CT molecular complexity index is 163. The molecular weight excluding hydrogens is 239 g/mol. The first-order valence-electron chi connectivity index (χ1n) is 3.21. The zero-order valence-corrected chi connectivity index (χ0v) is 9.02. The van der Waals surface area contributed by atoms with Gasteiger partial charge in [0.25, 0.3) is 0 Å². The lowest BCUT2D eigenvalue weighted by atomic mass is 9.88. The number of carbonyl (C=O) groups excluding carboxylic acids is 1. The van der Waals surface area contributed by atoms with Crippen LogP contribution in [-0.4, -0.2) is 6.29 Å². The van der Waals surface area contributed by atoms with E-state index in [0.717, 1.165) is 15.4 Å². The van der Waals surface area contributed by atoms with E-state index >= 15 is 0 Å². The molecule has 0 aliphatic heterocycles. The summed E-state index contributed by atoms with van der Waals surface area (Å²) in [4.78, 5) is 10.3. The summed E-state index contributed by atoms with van der Waals surface area (Å²) in [6.45, 7) is 8.30. The molecule has 10 heavy (non-hydrogen) atoms. The number of halogens is 1. The van der Waals surface area contributed by atoms with Gasteiger partial charge in [-0.3, -0.25) is 4.79 Å². The van der Waals surface area contributed by atoms with Crippen molar-refractivity contribution < 1.29 is 4.79 Å². The molecular formula is C8H13IO. The number of allylic oxidation sites excluding steroid dienone is 2. The van der Waals surface area contributed by atoms with Gasteiger partial charge in [0.2, 0.25) is 0 Å². The van der Waals surface area contributed by atoms with E-state index in [4.69, 9.17) is 0 Å². The summed E-state index contributed by atoms with van der Waals surface area (Å²) >= 11 is 2.07. The molecule has 0 fully saturated rings. The number of hydrogen-bond donors (Lipinski definition) is 0. The molecule has 0 heterocycles. The zero-order valence-electron chi connectivity index (χ0n) is 6.86. The summed E-state index contributed by atoms with van der Waals surface area (Å²) in [7, 11) is 0. The Morgan fingerprint density at radius 1 is 1.40 bits per heavy atom. The third kappa shape index (κ3) is 2.82. The fourth-order valence-corrected chi connectivity index (χ4v) is 1.26. The molecule has 58 valence electrons. The second kappa shape index (κ2) is 3.51. The minimum absolute atomic E-state index is 0.122. The monoisotopic (exact) mass is 252 g/mol. The van der Waals surface area contributed by atoms with Gasteiger partial charge in [-0.05, 0) is 34.9 Å². The van der Waals surface area contributed by atoms with E-state index in [0.29, 0.717) is 0 Å². The van der Waals surface area contributed by atoms with E-state index in [-0.39, 0.29) is 5.41 Å². The lowest BCUT2D eigenvalue weighted by Crippen LogP contribution is -2.07. The quantitative estimate of drug-likeness (QED) is 0.398. The van der Waals surface area contributed by atoms with Gasteiger partial charge in [0, 0.05) is 0 Å². The van der Waals surface area contributed by atoms with Crippen LogP contribution in [0, 0.1) is 5.41 Å². The predicted molar refractivity (Wildman–Crippen MR) is 52.2 cm³/mol. The van der Waals surface area contributed by atoms with Crippen LogP contribution < -0.4 is 0 Å². The normalized spacial score (nSPS) is 14.5. The molecule has 0 saturated carbocycles. The molecule has 0 atom stereocenters. The van der Waals surface area contributed by atoms with Gasteiger partial charge in [-0.15, -0.1) is 0 Å². The molecule has 0 aromatic rings. The molecule has 0 saturated heterocycles. The van der Waals surface area contributed by atoms with Crippen molar-refractivity contribution in [3.8, 4) is 0 Å². The van der Waals surface area contributed by atoms with Crippen LogP contribution >= 0.6 is 22.6 Å². The summed E-state index contributed by atoms with van der Waals surface area (Å²) in [5.74, 6) is 0. The molecule has 0 aliphatic rings. The van der Waals surface area contributed by atoms with Crippen LogP contribution in [0.4, 0.5) is 0 Å². The number of aldehydes is 1. The van der Waals surface area contributed by atoms with Gasteiger partial charge < -0.3 is 0 Å². The fraction of sp³-hybridized carbons (Fsp3) is 0.625. The molecule has 0 amide bonds. The van der Waals surface area contributed by atoms with Crippen LogP contribution in [0.3, 0.4) is 0 Å². The Balaban J connectivity index is 4.63. The maximum absolute atomic E-state index is 10.3. The van der Waals surface area contributed by atoms with Crippen molar-refractivity contribution in [2.24, 2.45) is 5.41 Å². The Kier molecular flexibility index (Phi) is 3.56. The molecule has 0 aliphatic carbocycles. The van der Waals surface area contributed by atoms with E-state index in [1.807, 2.05) is 6.92 Å². The average Bonchev–Trinajstić information content (AvgIpc) is 1.83. The van der Waals surface area contributed by atoms with Gasteiger partial charge in [0.1, 0.15) is 0 Å². The van der Waals surface area contributed by atoms with Gasteiger partial charge >= 0.3 is 0 Å². The third-order valence-electron chi connectivity index (χ3n) is 1.59. The predicted octanol–water partition coefficient (Wildman–Crippen LogP) is 2.94. The minimum atomic E-state index is 0.122. The Labute approximate surface area is 76.0 Å². The highest BCUT2D eigenvalue weighted by atomic mass is 127. The molecule has 1 nitrogen and oxygen atoms in total. The Morgan fingerprint density at radius 3 is 1.90 bits per heavy atom. The lowest BCUT2D eigenvalue weighted by Gasteiger charge is -2.19. The molecule has 2 heteroatoms. The fourth-order valence-electron chi connectivity index (χ4n) is 0.447. The maximum atomic E-state index is 10.3. The molecule has 0 N–H and O–H groups in total. The average molecular weight is 252 g/mol. The summed E-state index contributed by atoms with van der Waals surface area (Å²) < 4.78 is 0.824. The van der Waals surface area contributed by atoms with E-state index in [2.05, 4.69) is 43.4 Å². The molecule has 0 radical (unpaired) electrons. The number of carbonyl (C=O) groups is 1. The first-order valence-corrected chi connectivity index (χ1v) is 4.29. The van der Waals surface area contributed by atoms with Gasteiger partial charge in [-0.2, -0.15) is 0 Å². The van der Waals surface area contributed by atoms with Crippen LogP contribution in [0.15, 0.2) is 9.15 Å². The summed E-state index contributed by atoms with van der Waals surface area (Å²) in [6.07, 6.45) is 0.904. The summed E-state index contributed by atoms with van der Waals surface area (Å²) in [6, 6.07) is 0. The molecule has 0 unspecified atom stereocenters. The standard InChI is InChI=1S/C8H13IO/c1-6(7(9)5-10)8(2,3)4/h5H,1-4H3/b7-6+. The lowest BCUT2D eigenvalue weighted by molar-refractivity contribution is -0.104. The van der Waals surface area contributed by atoms with Crippen molar-refractivity contribution >= 4 is 28.9 Å². The smallest absolute Gasteiger partial charge is 0.156 e. The van der Waals surface area contributed by atoms with Crippen molar-refractivity contribution in [3.05, 3.63) is 9.15 Å². The largest absolute Gasteiger partial charge is 0.297 e. The Hall–Kier alpha value is 0.140. The molecule has 0 aromatic heterocycles. The minimum Gasteiger partial charge on any atom is -0.297 e.